The number of carbonyl (C=O) groups excluding carboxylic acids is 2. The van der Waals surface area contributed by atoms with E-state index in [0.717, 1.165) is 22.3 Å². The summed E-state index contributed by atoms with van der Waals surface area (Å²) in [7, 11) is 1.31. The third-order valence-corrected chi connectivity index (χ3v) is 6.38. The molecule has 8 nitrogen and oxygen atoms in total. The van der Waals surface area contributed by atoms with Crippen LogP contribution in [0, 0.1) is 5.92 Å². The van der Waals surface area contributed by atoms with Crippen molar-refractivity contribution in [3.05, 3.63) is 59.7 Å². The highest BCUT2D eigenvalue weighted by atomic mass is 16.5. The first kappa shape index (κ1) is 25.2. The van der Waals surface area contributed by atoms with Gasteiger partial charge < -0.3 is 25.2 Å². The lowest BCUT2D eigenvalue weighted by Crippen LogP contribution is -2.51. The number of hydrogen-bond acceptors (Lipinski definition) is 5. The van der Waals surface area contributed by atoms with Gasteiger partial charge in [0.25, 0.3) is 0 Å². The second-order valence-electron chi connectivity index (χ2n) is 8.48. The quantitative estimate of drug-likeness (QED) is 0.465. The Balaban J connectivity index is 1.60. The van der Waals surface area contributed by atoms with E-state index in [1.807, 2.05) is 50.2 Å². The zero-order valence-electron chi connectivity index (χ0n) is 19.7. The molecule has 0 aliphatic heterocycles. The number of rotatable bonds is 11. The molecule has 0 heterocycles. The molecule has 0 spiro atoms. The van der Waals surface area contributed by atoms with Gasteiger partial charge in [0.15, 0.2) is 6.10 Å². The van der Waals surface area contributed by atoms with E-state index in [-0.39, 0.29) is 37.3 Å². The fourth-order valence-corrected chi connectivity index (χ4v) is 4.25. The number of hydrogen-bond donors (Lipinski definition) is 3. The highest BCUT2D eigenvalue weighted by molar-refractivity contribution is 5.86. The fraction of sp³-hybridized carbons (Fsp3) is 0.423. The summed E-state index contributed by atoms with van der Waals surface area (Å²) in [4.78, 5) is 36.5. The van der Waals surface area contributed by atoms with Crippen LogP contribution in [0.2, 0.25) is 0 Å². The van der Waals surface area contributed by atoms with E-state index in [9.17, 15) is 14.4 Å². The second kappa shape index (κ2) is 11.7. The molecule has 182 valence electrons. The molecule has 1 aliphatic rings. The van der Waals surface area contributed by atoms with Gasteiger partial charge >= 0.3 is 12.1 Å². The van der Waals surface area contributed by atoms with Crippen LogP contribution in [0.25, 0.3) is 11.1 Å². The molecule has 0 saturated heterocycles. The lowest BCUT2D eigenvalue weighted by atomic mass is 9.98. The number of alkyl carbamates (subject to hydrolysis) is 1. The van der Waals surface area contributed by atoms with E-state index in [0.29, 0.717) is 6.42 Å². The molecule has 3 atom stereocenters. The summed E-state index contributed by atoms with van der Waals surface area (Å²) >= 11 is 0. The molecule has 8 heteroatoms. The minimum absolute atomic E-state index is 0.0731. The number of carboxylic acids is 1. The number of aliphatic carboxylic acids is 1. The summed E-state index contributed by atoms with van der Waals surface area (Å²) in [6.07, 6.45) is -0.882. The Kier molecular flexibility index (Phi) is 8.65. The van der Waals surface area contributed by atoms with Gasteiger partial charge in [-0.15, -0.1) is 0 Å². The number of fused-ring (bicyclic) bond motifs is 3. The highest BCUT2D eigenvalue weighted by Crippen LogP contribution is 2.44. The maximum atomic E-state index is 12.7. The van der Waals surface area contributed by atoms with Crippen molar-refractivity contribution in [3.8, 4) is 11.1 Å². The van der Waals surface area contributed by atoms with E-state index in [4.69, 9.17) is 14.6 Å². The summed E-state index contributed by atoms with van der Waals surface area (Å²) in [5.41, 5.74) is 4.50. The molecule has 0 aromatic heterocycles. The van der Waals surface area contributed by atoms with E-state index < -0.39 is 24.2 Å². The molecule has 3 rings (SSSR count). The Bertz CT molecular complexity index is 978. The standard InChI is InChI=1S/C26H32N2O6/c1-4-16(2)23(24(29)27-14-13-22(33-3)25(30)31)28-26(32)34-15-21-19-11-7-5-9-17(19)18-10-6-8-12-20(18)21/h5-12,16,21-23H,4,13-15H2,1-3H3,(H,27,29)(H,28,32)(H,30,31)/t16-,22?,23-/m0/s1. The van der Waals surface area contributed by atoms with Crippen molar-refractivity contribution < 1.29 is 29.0 Å². The lowest BCUT2D eigenvalue weighted by molar-refractivity contribution is -0.149. The third-order valence-electron chi connectivity index (χ3n) is 6.38. The smallest absolute Gasteiger partial charge is 0.407 e. The van der Waals surface area contributed by atoms with Gasteiger partial charge in [-0.2, -0.15) is 0 Å². The Morgan fingerprint density at radius 1 is 1.03 bits per heavy atom. The second-order valence-corrected chi connectivity index (χ2v) is 8.48. The number of amides is 2. The number of methoxy groups -OCH3 is 1. The number of carbonyl (C=O) groups is 3. The zero-order chi connectivity index (χ0) is 24.7. The van der Waals surface area contributed by atoms with E-state index in [1.54, 1.807) is 0 Å². The summed E-state index contributed by atoms with van der Waals surface area (Å²) in [6.45, 7) is 4.06. The number of carboxylic acid groups (broad SMARTS) is 1. The SMILES string of the molecule is CC[C@H](C)[C@H](NC(=O)OCC1c2ccccc2-c2ccccc21)C(=O)NCCC(OC)C(=O)O. The van der Waals surface area contributed by atoms with Gasteiger partial charge in [0.1, 0.15) is 12.6 Å². The summed E-state index contributed by atoms with van der Waals surface area (Å²) in [6, 6.07) is 15.3. The van der Waals surface area contributed by atoms with Crippen molar-refractivity contribution in [2.24, 2.45) is 5.92 Å². The average Bonchev–Trinajstić information content (AvgIpc) is 3.16. The van der Waals surface area contributed by atoms with Crippen LogP contribution in [0.1, 0.15) is 43.7 Å². The van der Waals surface area contributed by atoms with Gasteiger partial charge in [-0.05, 0) is 28.2 Å². The Morgan fingerprint density at radius 3 is 2.15 bits per heavy atom. The minimum atomic E-state index is -1.09. The molecule has 1 unspecified atom stereocenters. The van der Waals surface area contributed by atoms with Crippen LogP contribution in [0.15, 0.2) is 48.5 Å². The van der Waals surface area contributed by atoms with E-state index in [2.05, 4.69) is 22.8 Å². The first-order valence-electron chi connectivity index (χ1n) is 11.5. The molecule has 0 saturated carbocycles. The first-order chi connectivity index (χ1) is 16.4. The summed E-state index contributed by atoms with van der Waals surface area (Å²) in [5.74, 6) is -1.69. The Labute approximate surface area is 199 Å². The Hall–Kier alpha value is -3.39. The summed E-state index contributed by atoms with van der Waals surface area (Å²) < 4.78 is 10.5. The normalized spacial score (nSPS) is 14.9. The molecule has 1 aliphatic carbocycles. The van der Waals surface area contributed by atoms with Crippen LogP contribution in [-0.2, 0) is 19.1 Å². The van der Waals surface area contributed by atoms with E-state index in [1.165, 1.54) is 7.11 Å². The Morgan fingerprint density at radius 2 is 1.62 bits per heavy atom. The van der Waals surface area contributed by atoms with Crippen LogP contribution in [0.5, 0.6) is 0 Å². The highest BCUT2D eigenvalue weighted by Gasteiger charge is 2.31. The van der Waals surface area contributed by atoms with Gasteiger partial charge in [-0.25, -0.2) is 9.59 Å². The van der Waals surface area contributed by atoms with Gasteiger partial charge in [0.2, 0.25) is 5.91 Å². The van der Waals surface area contributed by atoms with Crippen molar-refractivity contribution in [2.45, 2.75) is 44.8 Å². The molecule has 0 fully saturated rings. The molecule has 3 N–H and O–H groups in total. The first-order valence-corrected chi connectivity index (χ1v) is 11.5. The number of benzene rings is 2. The maximum Gasteiger partial charge on any atom is 0.407 e. The summed E-state index contributed by atoms with van der Waals surface area (Å²) in [5, 5.41) is 14.4. The minimum Gasteiger partial charge on any atom is -0.479 e. The van der Waals surface area contributed by atoms with E-state index >= 15 is 0 Å². The molecule has 2 amide bonds. The van der Waals surface area contributed by atoms with Crippen molar-refractivity contribution in [1.82, 2.24) is 10.6 Å². The largest absolute Gasteiger partial charge is 0.479 e. The van der Waals surface area contributed by atoms with Crippen molar-refractivity contribution >= 4 is 18.0 Å². The molecular weight excluding hydrogens is 436 g/mol. The third kappa shape index (κ3) is 5.75. The monoisotopic (exact) mass is 468 g/mol. The van der Waals surface area contributed by atoms with Crippen LogP contribution >= 0.6 is 0 Å². The van der Waals surface area contributed by atoms with Gasteiger partial charge in [0.05, 0.1) is 0 Å². The zero-order valence-corrected chi connectivity index (χ0v) is 19.7. The lowest BCUT2D eigenvalue weighted by Gasteiger charge is -2.24. The van der Waals surface area contributed by atoms with Gasteiger partial charge in [-0.3, -0.25) is 4.79 Å². The van der Waals surface area contributed by atoms with Crippen LogP contribution in [-0.4, -0.2) is 55.5 Å². The van der Waals surface area contributed by atoms with Crippen molar-refractivity contribution in [3.63, 3.8) is 0 Å². The van der Waals surface area contributed by atoms with Crippen molar-refractivity contribution in [2.75, 3.05) is 20.3 Å². The van der Waals surface area contributed by atoms with Gasteiger partial charge in [0, 0.05) is 26.0 Å². The molecule has 2 aromatic rings. The molecule has 34 heavy (non-hydrogen) atoms. The number of ether oxygens (including phenoxy) is 2. The van der Waals surface area contributed by atoms with Crippen LogP contribution < -0.4 is 10.6 Å². The molecule has 2 aromatic carbocycles. The average molecular weight is 469 g/mol. The predicted molar refractivity (Wildman–Crippen MR) is 128 cm³/mol. The van der Waals surface area contributed by atoms with Crippen LogP contribution in [0.3, 0.4) is 0 Å². The molecular formula is C26H32N2O6. The topological polar surface area (TPSA) is 114 Å². The fourth-order valence-electron chi connectivity index (χ4n) is 4.25. The molecule has 0 bridgehead atoms. The van der Waals surface area contributed by atoms with Gasteiger partial charge in [-0.1, -0.05) is 68.8 Å². The maximum absolute atomic E-state index is 12.7. The van der Waals surface area contributed by atoms with Crippen molar-refractivity contribution in [1.29, 1.82) is 0 Å². The predicted octanol–water partition coefficient (Wildman–Crippen LogP) is 3.55. The van der Waals surface area contributed by atoms with Crippen LogP contribution in [0.4, 0.5) is 4.79 Å². The number of nitrogens with one attached hydrogen (secondary N) is 2. The molecule has 0 radical (unpaired) electrons.